The number of hydrogen-bond acceptors (Lipinski definition) is 1. The zero-order valence-electron chi connectivity index (χ0n) is 5.26. The molecule has 0 spiro atoms. The van der Waals surface area contributed by atoms with Gasteiger partial charge in [0.15, 0.2) is 0 Å². The molecule has 1 rings (SSSR count). The first-order valence-electron chi connectivity index (χ1n) is 3.21. The Kier molecular flexibility index (Phi) is 2.47. The second-order valence-corrected chi connectivity index (χ2v) is 3.42. The highest BCUT2D eigenvalue weighted by atomic mass is 32.2. The first kappa shape index (κ1) is 6.21. The van der Waals surface area contributed by atoms with E-state index in [2.05, 4.69) is 30.8 Å². The van der Waals surface area contributed by atoms with Crippen LogP contribution in [0.1, 0.15) is 19.8 Å². The minimum Gasteiger partial charge on any atom is -0.154 e. The predicted octanol–water partition coefficient (Wildman–Crippen LogP) is 2.46. The van der Waals surface area contributed by atoms with Gasteiger partial charge in [0.05, 0.1) is 0 Å². The third-order valence-electron chi connectivity index (χ3n) is 1.26. The quantitative estimate of drug-likeness (QED) is 0.526. The number of thioether (sulfide) groups is 1. The minimum atomic E-state index is 0.870. The van der Waals surface area contributed by atoms with Crippen molar-refractivity contribution < 1.29 is 0 Å². The van der Waals surface area contributed by atoms with E-state index in [9.17, 15) is 0 Å². The maximum absolute atomic E-state index is 2.29. The van der Waals surface area contributed by atoms with Crippen LogP contribution in [0.15, 0.2) is 12.2 Å². The number of hydrogen-bond donors (Lipinski definition) is 0. The van der Waals surface area contributed by atoms with Gasteiger partial charge in [0.25, 0.3) is 0 Å². The lowest BCUT2D eigenvalue weighted by Crippen LogP contribution is -2.04. The van der Waals surface area contributed by atoms with E-state index in [0.29, 0.717) is 0 Å². The molecule has 0 amide bonds. The SMILES string of the molecule is CCCSC1C=CC1. The molecule has 0 radical (unpaired) electrons. The molecule has 46 valence electrons. The van der Waals surface area contributed by atoms with Crippen LogP contribution in [-0.4, -0.2) is 11.0 Å². The fourth-order valence-electron chi connectivity index (χ4n) is 0.640. The van der Waals surface area contributed by atoms with Gasteiger partial charge in [-0.15, -0.1) is 0 Å². The lowest BCUT2D eigenvalue weighted by atomic mass is 10.1. The van der Waals surface area contributed by atoms with Gasteiger partial charge in [-0.25, -0.2) is 0 Å². The molecule has 0 fully saturated rings. The van der Waals surface area contributed by atoms with Crippen LogP contribution in [0, 0.1) is 0 Å². The molecular formula is C7H12S. The Labute approximate surface area is 55.4 Å². The van der Waals surface area contributed by atoms with Gasteiger partial charge < -0.3 is 0 Å². The van der Waals surface area contributed by atoms with Crippen molar-refractivity contribution >= 4 is 11.8 Å². The largest absolute Gasteiger partial charge is 0.154 e. The summed E-state index contributed by atoms with van der Waals surface area (Å²) in [6.07, 6.45) is 7.16. The van der Waals surface area contributed by atoms with Crippen molar-refractivity contribution in [3.63, 3.8) is 0 Å². The molecule has 0 saturated carbocycles. The fraction of sp³-hybridized carbons (Fsp3) is 0.714. The van der Waals surface area contributed by atoms with Gasteiger partial charge in [-0.3, -0.25) is 0 Å². The summed E-state index contributed by atoms with van der Waals surface area (Å²) in [5.74, 6) is 1.33. The smallest absolute Gasteiger partial charge is 0.0261 e. The van der Waals surface area contributed by atoms with Crippen LogP contribution in [-0.2, 0) is 0 Å². The lowest BCUT2D eigenvalue weighted by Gasteiger charge is -2.15. The van der Waals surface area contributed by atoms with Gasteiger partial charge in [0, 0.05) is 5.25 Å². The Morgan fingerprint density at radius 2 is 2.50 bits per heavy atom. The van der Waals surface area contributed by atoms with E-state index in [0.717, 1.165) is 5.25 Å². The van der Waals surface area contributed by atoms with Crippen molar-refractivity contribution in [1.29, 1.82) is 0 Å². The summed E-state index contributed by atoms with van der Waals surface area (Å²) in [7, 11) is 0. The normalized spacial score (nSPS) is 25.4. The van der Waals surface area contributed by atoms with Crippen LogP contribution in [0.3, 0.4) is 0 Å². The van der Waals surface area contributed by atoms with Crippen molar-refractivity contribution in [1.82, 2.24) is 0 Å². The van der Waals surface area contributed by atoms with E-state index >= 15 is 0 Å². The van der Waals surface area contributed by atoms with Crippen LogP contribution in [0.2, 0.25) is 0 Å². The average molecular weight is 128 g/mol. The molecule has 0 nitrogen and oxygen atoms in total. The van der Waals surface area contributed by atoms with Crippen LogP contribution in [0.4, 0.5) is 0 Å². The molecular weight excluding hydrogens is 116 g/mol. The van der Waals surface area contributed by atoms with E-state index < -0.39 is 0 Å². The summed E-state index contributed by atoms with van der Waals surface area (Å²) in [5.41, 5.74) is 0. The average Bonchev–Trinajstić information content (AvgIpc) is 1.63. The van der Waals surface area contributed by atoms with E-state index in [-0.39, 0.29) is 0 Å². The Bertz CT molecular complexity index is 86.4. The maximum atomic E-state index is 2.29. The first-order valence-corrected chi connectivity index (χ1v) is 4.26. The van der Waals surface area contributed by atoms with E-state index in [4.69, 9.17) is 0 Å². The third kappa shape index (κ3) is 1.55. The zero-order chi connectivity index (χ0) is 5.82. The third-order valence-corrected chi connectivity index (χ3v) is 2.68. The fourth-order valence-corrected chi connectivity index (χ4v) is 1.65. The monoisotopic (exact) mass is 128 g/mol. The summed E-state index contributed by atoms with van der Waals surface area (Å²) in [4.78, 5) is 0. The highest BCUT2D eigenvalue weighted by molar-refractivity contribution is 8.00. The van der Waals surface area contributed by atoms with E-state index in [1.807, 2.05) is 0 Å². The van der Waals surface area contributed by atoms with Crippen molar-refractivity contribution in [2.45, 2.75) is 25.0 Å². The molecule has 8 heavy (non-hydrogen) atoms. The number of rotatable bonds is 3. The molecule has 0 N–H and O–H groups in total. The predicted molar refractivity (Wildman–Crippen MR) is 40.3 cm³/mol. The van der Waals surface area contributed by atoms with Crippen LogP contribution >= 0.6 is 11.8 Å². The lowest BCUT2D eigenvalue weighted by molar-refractivity contribution is 0.974. The van der Waals surface area contributed by atoms with Crippen molar-refractivity contribution in [3.8, 4) is 0 Å². The zero-order valence-corrected chi connectivity index (χ0v) is 6.08. The highest BCUT2D eigenvalue weighted by Gasteiger charge is 2.07. The first-order chi connectivity index (χ1) is 3.93. The van der Waals surface area contributed by atoms with Crippen LogP contribution in [0.5, 0.6) is 0 Å². The Balaban J connectivity index is 1.95. The van der Waals surface area contributed by atoms with Gasteiger partial charge in [0.2, 0.25) is 0 Å². The van der Waals surface area contributed by atoms with Crippen molar-refractivity contribution in [3.05, 3.63) is 12.2 Å². The van der Waals surface area contributed by atoms with Crippen LogP contribution in [0.25, 0.3) is 0 Å². The molecule has 1 aliphatic rings. The van der Waals surface area contributed by atoms with E-state index in [1.54, 1.807) is 0 Å². The second kappa shape index (κ2) is 3.18. The molecule has 0 aromatic rings. The molecule has 1 atom stereocenters. The molecule has 1 heteroatoms. The Morgan fingerprint density at radius 3 is 2.88 bits per heavy atom. The standard InChI is InChI=1S/C7H12S/c1-2-6-8-7-4-3-5-7/h3-4,7H,2,5-6H2,1H3. The molecule has 1 aliphatic carbocycles. The number of allylic oxidation sites excluding steroid dienone is 1. The summed E-state index contributed by atoms with van der Waals surface area (Å²) < 4.78 is 0. The Morgan fingerprint density at radius 1 is 1.75 bits per heavy atom. The van der Waals surface area contributed by atoms with Crippen molar-refractivity contribution in [2.75, 3.05) is 5.75 Å². The molecule has 0 bridgehead atoms. The summed E-state index contributed by atoms with van der Waals surface area (Å²) >= 11 is 2.08. The molecule has 0 aromatic heterocycles. The van der Waals surface area contributed by atoms with Gasteiger partial charge in [-0.05, 0) is 18.6 Å². The second-order valence-electron chi connectivity index (χ2n) is 2.07. The highest BCUT2D eigenvalue weighted by Crippen LogP contribution is 2.23. The summed E-state index contributed by atoms with van der Waals surface area (Å²) in [5, 5.41) is 0.870. The van der Waals surface area contributed by atoms with Crippen LogP contribution < -0.4 is 0 Å². The molecule has 0 aromatic carbocycles. The van der Waals surface area contributed by atoms with Crippen molar-refractivity contribution in [2.24, 2.45) is 0 Å². The molecule has 0 heterocycles. The minimum absolute atomic E-state index is 0.870. The van der Waals surface area contributed by atoms with Gasteiger partial charge >= 0.3 is 0 Å². The molecule has 1 unspecified atom stereocenters. The maximum Gasteiger partial charge on any atom is 0.0261 e. The van der Waals surface area contributed by atoms with Gasteiger partial charge in [0.1, 0.15) is 0 Å². The van der Waals surface area contributed by atoms with Gasteiger partial charge in [-0.1, -0.05) is 19.1 Å². The summed E-state index contributed by atoms with van der Waals surface area (Å²) in [6.45, 7) is 2.23. The molecule has 0 saturated heterocycles. The van der Waals surface area contributed by atoms with E-state index in [1.165, 1.54) is 18.6 Å². The van der Waals surface area contributed by atoms with Gasteiger partial charge in [-0.2, -0.15) is 11.8 Å². The topological polar surface area (TPSA) is 0 Å². The molecule has 0 aliphatic heterocycles. The summed E-state index contributed by atoms with van der Waals surface area (Å²) in [6, 6.07) is 0. The Hall–Kier alpha value is 0.0900.